The van der Waals surface area contributed by atoms with Gasteiger partial charge in [0.1, 0.15) is 67.8 Å². The number of fused-ring (bicyclic) bond motifs is 1. The van der Waals surface area contributed by atoms with E-state index in [1.807, 2.05) is 51.1 Å². The van der Waals surface area contributed by atoms with Crippen molar-refractivity contribution in [3.63, 3.8) is 0 Å². The summed E-state index contributed by atoms with van der Waals surface area (Å²) in [7, 11) is 0. The minimum atomic E-state index is -0.995. The normalized spacial score (nSPS) is 22.9. The van der Waals surface area contributed by atoms with Crippen molar-refractivity contribution in [2.75, 3.05) is 26.6 Å². The third kappa shape index (κ3) is 17.1. The number of hydrogen-bond donors (Lipinski definition) is 3. The third-order valence-electron chi connectivity index (χ3n) is 13.6. The molecule has 2 unspecified atom stereocenters. The first-order valence-corrected chi connectivity index (χ1v) is 26.1. The van der Waals surface area contributed by atoms with Crippen LogP contribution in [0, 0.1) is 51.1 Å². The highest BCUT2D eigenvalue weighted by Gasteiger charge is 2.39. The second-order valence-corrected chi connectivity index (χ2v) is 19.8. The molecule has 0 bridgehead atoms. The van der Waals surface area contributed by atoms with Crippen molar-refractivity contribution in [1.29, 1.82) is 0 Å². The Labute approximate surface area is 470 Å². The van der Waals surface area contributed by atoms with Crippen LogP contribution in [0.15, 0.2) is 66.7 Å². The molecule has 0 aliphatic carbocycles. The lowest BCUT2D eigenvalue weighted by atomic mass is 10.0. The van der Waals surface area contributed by atoms with Crippen LogP contribution in [-0.2, 0) is 55.8 Å². The van der Waals surface area contributed by atoms with Crippen LogP contribution in [0.1, 0.15) is 105 Å². The van der Waals surface area contributed by atoms with Crippen molar-refractivity contribution in [1.82, 2.24) is 0 Å². The van der Waals surface area contributed by atoms with E-state index in [0.717, 1.165) is 16.7 Å². The Balaban J connectivity index is 0.000000200. The van der Waals surface area contributed by atoms with Gasteiger partial charge >= 0.3 is 18.5 Å². The van der Waals surface area contributed by atoms with E-state index in [-0.39, 0.29) is 92.1 Å². The van der Waals surface area contributed by atoms with Gasteiger partial charge < -0.3 is 72.2 Å². The molecule has 3 N–H and O–H groups in total. The Morgan fingerprint density at radius 2 is 1.01 bits per heavy atom. The molecule has 0 saturated carbocycles. The van der Waals surface area contributed by atoms with E-state index in [0.29, 0.717) is 41.9 Å². The van der Waals surface area contributed by atoms with Crippen molar-refractivity contribution >= 4 is 35.5 Å². The fourth-order valence-corrected chi connectivity index (χ4v) is 9.28. The van der Waals surface area contributed by atoms with Gasteiger partial charge in [-0.2, -0.15) is 0 Å². The summed E-state index contributed by atoms with van der Waals surface area (Å²) in [5, 5.41) is 61.9. The molecule has 11 atom stereocenters. The second kappa shape index (κ2) is 29.2. The Hall–Kier alpha value is -7.95. The topological polar surface area (TPSA) is 352 Å². The standard InChI is InChI=1S/C23H27NO8.C16H19NO9.C16H21NO7/c1-14-9-18(16(3)31-23(26)32-21-10-15(2)30-22(21)12-25)19(24(27)28)11-20(14)29-13-17-7-5-4-6-8-17;1-8-3-14(15(6-18)24-8)26-16(19)25-9(2)10-4-12-13(23-7-22-12)5-11(10)17(20)21;1-9-4-12(13(17(20)21)5-10(9)2)8-22-16(19)24-14-6-11(3)23-15(14)7-18/h4-9,11,15-16,21-22,25H,10,12-13H2,1-3H3;4-5,8-9,14-15,18H,3,6-7H2,1-2H3;4-5,11,14-15,18H,6-8H2,1-3H3/t15-,16?,21-,22+;8-,9?,14-,15+;11-,14-,15+/m111/s1. The number of nitro groups is 3. The summed E-state index contributed by atoms with van der Waals surface area (Å²) in [6.45, 7) is 13.0. The highest BCUT2D eigenvalue weighted by atomic mass is 16.8. The summed E-state index contributed by atoms with van der Waals surface area (Å²) in [6, 6.07) is 18.1. The molecule has 82 heavy (non-hydrogen) atoms. The first-order chi connectivity index (χ1) is 39.0. The number of hydrogen-bond acceptors (Lipinski definition) is 24. The van der Waals surface area contributed by atoms with Crippen LogP contribution in [0.3, 0.4) is 0 Å². The Kier molecular flexibility index (Phi) is 22.5. The smallest absolute Gasteiger partial charge is 0.488 e. The van der Waals surface area contributed by atoms with Gasteiger partial charge in [0.15, 0.2) is 11.5 Å². The van der Waals surface area contributed by atoms with E-state index >= 15 is 0 Å². The fraction of sp³-hybridized carbons (Fsp3) is 0.509. The van der Waals surface area contributed by atoms with E-state index in [4.69, 9.17) is 56.8 Å². The number of nitro benzene ring substituents is 3. The molecule has 27 nitrogen and oxygen atoms in total. The van der Waals surface area contributed by atoms with E-state index < -0.39 is 82.1 Å². The zero-order chi connectivity index (χ0) is 59.9. The lowest BCUT2D eigenvalue weighted by Crippen LogP contribution is -2.30. The molecule has 0 aromatic heterocycles. The Bertz CT molecular complexity index is 2890. The van der Waals surface area contributed by atoms with Gasteiger partial charge in [0, 0.05) is 25.3 Å². The molecule has 4 aromatic rings. The van der Waals surface area contributed by atoms with Crippen molar-refractivity contribution in [2.45, 2.75) is 155 Å². The highest BCUT2D eigenvalue weighted by Crippen LogP contribution is 2.41. The molecule has 4 heterocycles. The van der Waals surface area contributed by atoms with Crippen LogP contribution in [0.4, 0.5) is 31.4 Å². The third-order valence-corrected chi connectivity index (χ3v) is 13.6. The second-order valence-electron chi connectivity index (χ2n) is 19.8. The number of ether oxygens (including phenoxy) is 12. The van der Waals surface area contributed by atoms with Crippen molar-refractivity contribution in [2.24, 2.45) is 0 Å². The first-order valence-electron chi connectivity index (χ1n) is 26.1. The molecule has 446 valence electrons. The van der Waals surface area contributed by atoms with Crippen LogP contribution in [0.25, 0.3) is 0 Å². The monoisotopic (exact) mass is 1150 g/mol. The average Bonchev–Trinajstić information content (AvgIpc) is 4.28. The lowest BCUT2D eigenvalue weighted by Gasteiger charge is -2.19. The van der Waals surface area contributed by atoms with Gasteiger partial charge in [-0.25, -0.2) is 14.4 Å². The van der Waals surface area contributed by atoms with Crippen LogP contribution in [0.5, 0.6) is 17.2 Å². The molecule has 0 amide bonds. The summed E-state index contributed by atoms with van der Waals surface area (Å²) in [5.74, 6) is 0.979. The molecule has 0 spiro atoms. The van der Waals surface area contributed by atoms with E-state index in [2.05, 4.69) is 0 Å². The highest BCUT2D eigenvalue weighted by molar-refractivity contribution is 5.63. The fourth-order valence-electron chi connectivity index (χ4n) is 9.28. The number of rotatable bonds is 18. The van der Waals surface area contributed by atoms with Crippen molar-refractivity contribution in [3.8, 4) is 17.2 Å². The van der Waals surface area contributed by atoms with Crippen molar-refractivity contribution < 1.29 is 101 Å². The first kappa shape index (κ1) is 63.2. The van der Waals surface area contributed by atoms with Gasteiger partial charge in [-0.15, -0.1) is 0 Å². The molecule has 3 saturated heterocycles. The quantitative estimate of drug-likeness (QED) is 0.0362. The molecule has 0 radical (unpaired) electrons. The average molecular weight is 1150 g/mol. The molecule has 8 rings (SSSR count). The molecule has 4 aliphatic heterocycles. The van der Waals surface area contributed by atoms with Crippen LogP contribution in [-0.4, -0.2) is 130 Å². The maximum absolute atomic E-state index is 12.3. The summed E-state index contributed by atoms with van der Waals surface area (Å²) in [6.07, 6.45) is -7.60. The van der Waals surface area contributed by atoms with Crippen LogP contribution < -0.4 is 14.2 Å². The number of benzene rings is 4. The van der Waals surface area contributed by atoms with Gasteiger partial charge in [0.2, 0.25) is 6.79 Å². The number of aryl methyl sites for hydroxylation is 3. The van der Waals surface area contributed by atoms with Crippen molar-refractivity contribution in [3.05, 3.63) is 136 Å². The largest absolute Gasteiger partial charge is 0.509 e. The zero-order valence-corrected chi connectivity index (χ0v) is 46.3. The Morgan fingerprint density at radius 3 is 1.49 bits per heavy atom. The maximum atomic E-state index is 12.3. The van der Waals surface area contributed by atoms with Gasteiger partial charge in [-0.3, -0.25) is 30.3 Å². The number of carbonyl (C=O) groups is 3. The number of aliphatic hydroxyl groups is 3. The molecular formula is C55H67N3O24. The summed E-state index contributed by atoms with van der Waals surface area (Å²) in [5.41, 5.74) is 3.38. The van der Waals surface area contributed by atoms with Gasteiger partial charge in [0.05, 0.1) is 81.7 Å². The predicted octanol–water partition coefficient (Wildman–Crippen LogP) is 8.71. The van der Waals surface area contributed by atoms with Gasteiger partial charge in [-0.1, -0.05) is 30.3 Å². The predicted molar refractivity (Wildman–Crippen MR) is 283 cm³/mol. The van der Waals surface area contributed by atoms with E-state index in [1.54, 1.807) is 32.9 Å². The minimum Gasteiger partial charge on any atom is -0.488 e. The van der Waals surface area contributed by atoms with Gasteiger partial charge in [-0.05, 0) is 95.8 Å². The SMILES string of the molecule is CC(OC(=O)O[C@@H]1C[C@@H](C)O[C@H]1CO)c1cc2c(cc1[N+](=O)[O-])OCO2.Cc1cc(C(C)OC(=O)O[C@@H]2C[C@@H](C)O[C@H]2CO)c([N+](=O)[O-])cc1OCc1ccccc1.Cc1cc(COC(=O)O[C@@H]2C[C@@H](C)O[C@H]2CO)c([N+](=O)[O-])cc1C. The molecule has 3 fully saturated rings. The van der Waals surface area contributed by atoms with E-state index in [9.17, 15) is 60.0 Å². The Morgan fingerprint density at radius 1 is 0.573 bits per heavy atom. The summed E-state index contributed by atoms with van der Waals surface area (Å²) >= 11 is 0. The number of aliphatic hydroxyl groups excluding tert-OH is 3. The summed E-state index contributed by atoms with van der Waals surface area (Å²) in [4.78, 5) is 68.6. The van der Waals surface area contributed by atoms with Crippen LogP contribution in [0.2, 0.25) is 0 Å². The molecule has 27 heteroatoms. The molecule has 4 aliphatic rings. The molecular weight excluding hydrogens is 1090 g/mol. The summed E-state index contributed by atoms with van der Waals surface area (Å²) < 4.78 is 63.5. The minimum absolute atomic E-state index is 0.0321. The zero-order valence-electron chi connectivity index (χ0n) is 46.3. The van der Waals surface area contributed by atoms with E-state index in [1.165, 1.54) is 38.1 Å². The molecule has 4 aromatic carbocycles. The number of carbonyl (C=O) groups excluding carboxylic acids is 3. The number of nitrogens with zero attached hydrogens (tertiary/aromatic N) is 3. The van der Waals surface area contributed by atoms with Gasteiger partial charge in [0.25, 0.3) is 17.1 Å². The van der Waals surface area contributed by atoms with Crippen LogP contribution >= 0.6 is 0 Å². The maximum Gasteiger partial charge on any atom is 0.509 e. The lowest BCUT2D eigenvalue weighted by molar-refractivity contribution is -0.386.